The average molecular weight is 1020 g/mol. The first-order chi connectivity index (χ1) is 36.9. The Balaban J connectivity index is 1.19. The molecule has 0 fully saturated rings. The summed E-state index contributed by atoms with van der Waals surface area (Å²) >= 11 is 0. The Morgan fingerprint density at radius 1 is 0.385 bits per heavy atom. The second kappa shape index (κ2) is 18.0. The van der Waals surface area contributed by atoms with Gasteiger partial charge in [-0.05, 0) is 186 Å². The van der Waals surface area contributed by atoms with Crippen molar-refractivity contribution in [2.45, 2.75) is 131 Å². The third kappa shape index (κ3) is 8.49. The lowest BCUT2D eigenvalue weighted by atomic mass is 9.43. The number of fused-ring (bicyclic) bond motifs is 7. The molecule has 1 aliphatic carbocycles. The van der Waals surface area contributed by atoms with Crippen molar-refractivity contribution in [3.8, 4) is 33.4 Å². The smallest absolute Gasteiger partial charge is 0.333 e. The molecule has 2 aliphatic heterocycles. The number of hydrogen-bond donors (Lipinski definition) is 0. The highest BCUT2D eigenvalue weighted by Gasteiger charge is 2.48. The molecule has 4 heteroatoms. The standard InChI is InChI=1S/C74H76BN3/c1-47-41-61-60-45-59-57-23-19-20-24-62(57)74(14,15)63(59)46-67(60)78(55-36-29-51(30-37-55)72(8,9)10)75-64-44-56(76(53-32-25-49(26-33-53)70(2,3)4)54-34-27-50(28-35-54)71(5,6)7)38-40-66(64)77(68(42-47)69(61)75)65-39-31-52(73(11,12)13)43-58(65)48-21-17-16-18-22-48/h16-46H,1-15H3. The molecule has 12 rings (SSSR count). The number of rotatable bonds is 6. The summed E-state index contributed by atoms with van der Waals surface area (Å²) in [6.45, 7) is 34.6. The molecule has 3 nitrogen and oxygen atoms in total. The maximum Gasteiger partial charge on any atom is 0.333 e. The van der Waals surface area contributed by atoms with Crippen LogP contribution in [0.3, 0.4) is 0 Å². The highest BCUT2D eigenvalue weighted by molar-refractivity contribution is 6.93. The molecule has 0 atom stereocenters. The molecule has 2 heterocycles. The van der Waals surface area contributed by atoms with Crippen molar-refractivity contribution in [1.29, 1.82) is 0 Å². The van der Waals surface area contributed by atoms with Crippen molar-refractivity contribution in [3.63, 3.8) is 0 Å². The number of hydrogen-bond acceptors (Lipinski definition) is 3. The molecule has 0 radical (unpaired) electrons. The molecule has 0 saturated carbocycles. The van der Waals surface area contributed by atoms with Crippen LogP contribution in [0, 0.1) is 6.92 Å². The van der Waals surface area contributed by atoms with E-state index in [2.05, 4.69) is 307 Å². The van der Waals surface area contributed by atoms with Crippen molar-refractivity contribution in [2.75, 3.05) is 14.6 Å². The fourth-order valence-electron chi connectivity index (χ4n) is 12.8. The topological polar surface area (TPSA) is 9.72 Å². The number of nitrogens with zero attached hydrogens (tertiary/aromatic N) is 3. The number of aryl methyl sites for hydroxylation is 1. The second-order valence-electron chi connectivity index (χ2n) is 27.3. The quantitative estimate of drug-likeness (QED) is 0.154. The summed E-state index contributed by atoms with van der Waals surface area (Å²) in [6, 6.07) is 72.9. The van der Waals surface area contributed by atoms with E-state index in [0.717, 1.165) is 17.1 Å². The molecule has 0 unspecified atom stereocenters. The summed E-state index contributed by atoms with van der Waals surface area (Å²) in [6.07, 6.45) is 0. The molecule has 0 N–H and O–H groups in total. The van der Waals surface area contributed by atoms with Gasteiger partial charge in [0, 0.05) is 56.4 Å². The van der Waals surface area contributed by atoms with E-state index in [1.165, 1.54) is 112 Å². The van der Waals surface area contributed by atoms with Crippen LogP contribution < -0.4 is 25.5 Å². The van der Waals surface area contributed by atoms with Gasteiger partial charge in [0.2, 0.25) is 0 Å². The zero-order valence-electron chi connectivity index (χ0n) is 48.8. The first-order valence-corrected chi connectivity index (χ1v) is 28.4. The lowest BCUT2D eigenvalue weighted by molar-refractivity contribution is 0.590. The number of anilines is 8. The highest BCUT2D eigenvalue weighted by Crippen LogP contribution is 2.56. The fourth-order valence-corrected chi connectivity index (χ4v) is 12.8. The van der Waals surface area contributed by atoms with E-state index in [0.29, 0.717) is 0 Å². The van der Waals surface area contributed by atoms with Gasteiger partial charge in [-0.1, -0.05) is 200 Å². The van der Waals surface area contributed by atoms with E-state index in [-0.39, 0.29) is 33.9 Å². The summed E-state index contributed by atoms with van der Waals surface area (Å²) in [5.41, 5.74) is 28.6. The summed E-state index contributed by atoms with van der Waals surface area (Å²) < 4.78 is 0. The van der Waals surface area contributed by atoms with E-state index in [9.17, 15) is 0 Å². The molecule has 9 aromatic rings. The van der Waals surface area contributed by atoms with Gasteiger partial charge in [0.25, 0.3) is 0 Å². The van der Waals surface area contributed by atoms with Gasteiger partial charge in [0.15, 0.2) is 0 Å². The Kier molecular flexibility index (Phi) is 11.8. The zero-order chi connectivity index (χ0) is 55.0. The lowest BCUT2D eigenvalue weighted by Gasteiger charge is -2.47. The van der Waals surface area contributed by atoms with Crippen molar-refractivity contribution in [2.24, 2.45) is 0 Å². The monoisotopic (exact) mass is 1020 g/mol. The summed E-state index contributed by atoms with van der Waals surface area (Å²) in [7, 11) is 0. The van der Waals surface area contributed by atoms with Crippen LogP contribution in [-0.2, 0) is 27.1 Å². The molecule has 9 aromatic carbocycles. The van der Waals surface area contributed by atoms with Gasteiger partial charge < -0.3 is 14.6 Å². The molecular formula is C74H76BN3. The van der Waals surface area contributed by atoms with Gasteiger partial charge in [-0.3, -0.25) is 0 Å². The van der Waals surface area contributed by atoms with Crippen LogP contribution in [0.25, 0.3) is 33.4 Å². The van der Waals surface area contributed by atoms with Crippen LogP contribution in [0.1, 0.15) is 136 Å². The van der Waals surface area contributed by atoms with Crippen LogP contribution in [0.2, 0.25) is 0 Å². The molecule has 78 heavy (non-hydrogen) atoms. The van der Waals surface area contributed by atoms with E-state index in [1.807, 2.05) is 0 Å². The fraction of sp³-hybridized carbons (Fsp3) is 0.270. The molecule has 0 spiro atoms. The van der Waals surface area contributed by atoms with Gasteiger partial charge in [-0.15, -0.1) is 0 Å². The predicted octanol–water partition coefficient (Wildman–Crippen LogP) is 19.3. The van der Waals surface area contributed by atoms with Gasteiger partial charge in [0.1, 0.15) is 0 Å². The third-order valence-electron chi connectivity index (χ3n) is 17.3. The maximum atomic E-state index is 2.71. The van der Waals surface area contributed by atoms with Crippen LogP contribution in [0.4, 0.5) is 45.5 Å². The predicted molar refractivity (Wildman–Crippen MR) is 337 cm³/mol. The first kappa shape index (κ1) is 51.2. The van der Waals surface area contributed by atoms with Crippen LogP contribution >= 0.6 is 0 Å². The minimum absolute atomic E-state index is 0.00226. The van der Waals surface area contributed by atoms with E-state index in [1.54, 1.807) is 0 Å². The third-order valence-corrected chi connectivity index (χ3v) is 17.3. The summed E-state index contributed by atoms with van der Waals surface area (Å²) in [4.78, 5) is 7.81. The zero-order valence-corrected chi connectivity index (χ0v) is 48.8. The Morgan fingerprint density at radius 3 is 1.50 bits per heavy atom. The Morgan fingerprint density at radius 2 is 0.910 bits per heavy atom. The van der Waals surface area contributed by atoms with Gasteiger partial charge in [-0.25, -0.2) is 0 Å². The van der Waals surface area contributed by atoms with Gasteiger partial charge in [-0.2, -0.15) is 0 Å². The molecule has 0 amide bonds. The normalized spacial score (nSPS) is 14.4. The molecule has 3 aliphatic rings. The Hall–Kier alpha value is -7.56. The van der Waals surface area contributed by atoms with Crippen LogP contribution in [0.5, 0.6) is 0 Å². The SMILES string of the molecule is Cc1cc2c3c(c1)N(c1ccc(C(C)(C)C)cc1-c1ccccc1)c1ccc(N(c4ccc(C(C)(C)C)cc4)c4ccc(C(C)(C)C)cc4)cc1B3N(c1ccc(C(C)(C)C)cc1)c1cc3c(cc1-2)-c1ccccc1C3(C)C. The highest BCUT2D eigenvalue weighted by atomic mass is 15.2. The lowest BCUT2D eigenvalue weighted by Crippen LogP contribution is -2.61. The van der Waals surface area contributed by atoms with Gasteiger partial charge in [0.05, 0.1) is 5.69 Å². The van der Waals surface area contributed by atoms with Gasteiger partial charge >= 0.3 is 6.85 Å². The van der Waals surface area contributed by atoms with Crippen molar-refractivity contribution in [1.82, 2.24) is 0 Å². The van der Waals surface area contributed by atoms with Crippen molar-refractivity contribution >= 4 is 63.3 Å². The van der Waals surface area contributed by atoms with E-state index < -0.39 is 0 Å². The first-order valence-electron chi connectivity index (χ1n) is 28.4. The molecular weight excluding hydrogens is 942 g/mol. The minimum atomic E-state index is -0.192. The summed E-state index contributed by atoms with van der Waals surface area (Å²) in [5, 5.41) is 0. The largest absolute Gasteiger partial charge is 0.376 e. The molecule has 390 valence electrons. The average Bonchev–Trinajstić information content (AvgIpc) is 3.83. The van der Waals surface area contributed by atoms with E-state index >= 15 is 0 Å². The minimum Gasteiger partial charge on any atom is -0.376 e. The van der Waals surface area contributed by atoms with Crippen molar-refractivity contribution in [3.05, 3.63) is 227 Å². The maximum absolute atomic E-state index is 2.71. The van der Waals surface area contributed by atoms with Crippen LogP contribution in [0.15, 0.2) is 188 Å². The second-order valence-corrected chi connectivity index (χ2v) is 27.3. The van der Waals surface area contributed by atoms with E-state index in [4.69, 9.17) is 0 Å². The van der Waals surface area contributed by atoms with Crippen molar-refractivity contribution < 1.29 is 0 Å². The summed E-state index contributed by atoms with van der Waals surface area (Å²) in [5.74, 6) is 0. The Bertz CT molecular complexity index is 3740. The number of benzene rings is 9. The Labute approximate surface area is 466 Å². The van der Waals surface area contributed by atoms with Crippen LogP contribution in [-0.4, -0.2) is 6.85 Å². The molecule has 0 aromatic heterocycles. The molecule has 0 saturated heterocycles. The molecule has 0 bridgehead atoms.